The molecule has 1 N–H and O–H groups in total. The van der Waals surface area contributed by atoms with Gasteiger partial charge < -0.3 is 10.1 Å². The van der Waals surface area contributed by atoms with Gasteiger partial charge in [-0.05, 0) is 37.9 Å². The molecule has 18 heavy (non-hydrogen) atoms. The van der Waals surface area contributed by atoms with Gasteiger partial charge in [0.1, 0.15) is 5.75 Å². The van der Waals surface area contributed by atoms with Crippen LogP contribution >= 0.6 is 15.9 Å². The lowest BCUT2D eigenvalue weighted by molar-refractivity contribution is 0.403. The van der Waals surface area contributed by atoms with Crippen molar-refractivity contribution in [3.63, 3.8) is 0 Å². The molecule has 3 heteroatoms. The molecule has 0 saturated carbocycles. The molecule has 2 rings (SSSR count). The lowest BCUT2D eigenvalue weighted by Gasteiger charge is -2.22. The molecule has 0 spiro atoms. The summed E-state index contributed by atoms with van der Waals surface area (Å²) >= 11 is 3.49. The number of benzene rings is 1. The van der Waals surface area contributed by atoms with Crippen LogP contribution in [-0.2, 0) is 0 Å². The lowest BCUT2D eigenvalue weighted by atomic mass is 9.97. The van der Waals surface area contributed by atoms with E-state index in [1.807, 2.05) is 6.07 Å². The zero-order valence-corrected chi connectivity index (χ0v) is 12.6. The Bertz CT molecular complexity index is 442. The zero-order valence-electron chi connectivity index (χ0n) is 11.0. The third kappa shape index (κ3) is 2.96. The minimum atomic E-state index is 0.292. The number of methoxy groups -OCH3 is 1. The summed E-state index contributed by atoms with van der Waals surface area (Å²) in [6.45, 7) is 3.11. The molecule has 0 saturated heterocycles. The van der Waals surface area contributed by atoms with Gasteiger partial charge in [0.15, 0.2) is 0 Å². The van der Waals surface area contributed by atoms with Gasteiger partial charge in [-0.15, -0.1) is 0 Å². The first kappa shape index (κ1) is 13.6. The van der Waals surface area contributed by atoms with Crippen LogP contribution in [0.15, 0.2) is 34.3 Å². The summed E-state index contributed by atoms with van der Waals surface area (Å²) in [5.74, 6) is 0.947. The van der Waals surface area contributed by atoms with E-state index in [-0.39, 0.29) is 0 Å². The highest BCUT2D eigenvalue weighted by atomic mass is 79.9. The Labute approximate surface area is 118 Å². The SMILES string of the molecule is CCNC(C1=CCCC1)c1ccc(Br)cc1OC. The standard InChI is InChI=1S/C15H20BrNO/c1-3-17-15(11-6-4-5-7-11)13-9-8-12(16)10-14(13)18-2/h6,8-10,15,17H,3-5,7H2,1-2H3. The van der Waals surface area contributed by atoms with Crippen molar-refractivity contribution in [3.05, 3.63) is 39.9 Å². The third-order valence-electron chi connectivity index (χ3n) is 3.36. The van der Waals surface area contributed by atoms with Crippen LogP contribution in [0.3, 0.4) is 0 Å². The second-order valence-electron chi connectivity index (χ2n) is 4.55. The lowest BCUT2D eigenvalue weighted by Crippen LogP contribution is -2.22. The molecule has 0 heterocycles. The second-order valence-corrected chi connectivity index (χ2v) is 5.46. The molecule has 0 radical (unpaired) electrons. The van der Waals surface area contributed by atoms with E-state index in [2.05, 4.69) is 46.4 Å². The van der Waals surface area contributed by atoms with Crippen molar-refractivity contribution in [1.29, 1.82) is 0 Å². The first-order valence-electron chi connectivity index (χ1n) is 6.52. The minimum Gasteiger partial charge on any atom is -0.496 e. The average Bonchev–Trinajstić information content (AvgIpc) is 2.90. The molecule has 1 atom stereocenters. The molecule has 0 fully saturated rings. The van der Waals surface area contributed by atoms with Gasteiger partial charge in [-0.25, -0.2) is 0 Å². The van der Waals surface area contributed by atoms with Gasteiger partial charge in [0.2, 0.25) is 0 Å². The Balaban J connectivity index is 2.35. The number of rotatable bonds is 5. The van der Waals surface area contributed by atoms with Gasteiger partial charge in [-0.2, -0.15) is 0 Å². The van der Waals surface area contributed by atoms with Crippen molar-refractivity contribution in [3.8, 4) is 5.75 Å². The molecular formula is C15H20BrNO. The van der Waals surface area contributed by atoms with Gasteiger partial charge in [0, 0.05) is 10.0 Å². The Kier molecular flexibility index (Phi) is 4.84. The molecule has 1 aliphatic rings. The summed E-state index contributed by atoms with van der Waals surface area (Å²) in [7, 11) is 1.73. The molecule has 1 aromatic rings. The number of allylic oxidation sites excluding steroid dienone is 1. The number of nitrogens with one attached hydrogen (secondary N) is 1. The van der Waals surface area contributed by atoms with E-state index in [1.54, 1.807) is 7.11 Å². The number of halogens is 1. The molecule has 1 aliphatic carbocycles. The van der Waals surface area contributed by atoms with E-state index in [0.29, 0.717) is 6.04 Å². The van der Waals surface area contributed by atoms with Gasteiger partial charge in [-0.1, -0.05) is 40.6 Å². The molecule has 0 bridgehead atoms. The predicted octanol–water partition coefficient (Wildman–Crippen LogP) is 4.22. The Morgan fingerprint density at radius 3 is 2.89 bits per heavy atom. The number of likely N-dealkylation sites (N-methyl/N-ethyl adjacent to an activating group) is 1. The molecule has 0 aromatic heterocycles. The monoisotopic (exact) mass is 309 g/mol. The summed E-state index contributed by atoms with van der Waals surface area (Å²) in [4.78, 5) is 0. The minimum absolute atomic E-state index is 0.292. The van der Waals surface area contributed by atoms with E-state index in [4.69, 9.17) is 4.74 Å². The topological polar surface area (TPSA) is 21.3 Å². The number of ether oxygens (including phenoxy) is 1. The van der Waals surface area contributed by atoms with Crippen LogP contribution in [0.4, 0.5) is 0 Å². The molecule has 1 unspecified atom stereocenters. The van der Waals surface area contributed by atoms with E-state index < -0.39 is 0 Å². The maximum Gasteiger partial charge on any atom is 0.125 e. The molecule has 1 aromatic carbocycles. The van der Waals surface area contributed by atoms with E-state index in [0.717, 1.165) is 16.8 Å². The Morgan fingerprint density at radius 1 is 1.44 bits per heavy atom. The quantitative estimate of drug-likeness (QED) is 0.822. The molecule has 0 aliphatic heterocycles. The fourth-order valence-electron chi connectivity index (χ4n) is 2.53. The van der Waals surface area contributed by atoms with Crippen molar-refractivity contribution >= 4 is 15.9 Å². The number of hydrogen-bond donors (Lipinski definition) is 1. The normalized spacial score (nSPS) is 16.5. The highest BCUT2D eigenvalue weighted by molar-refractivity contribution is 9.10. The summed E-state index contributed by atoms with van der Waals surface area (Å²) in [5, 5.41) is 3.57. The highest BCUT2D eigenvalue weighted by Crippen LogP contribution is 2.36. The van der Waals surface area contributed by atoms with Gasteiger partial charge >= 0.3 is 0 Å². The zero-order chi connectivity index (χ0) is 13.0. The van der Waals surface area contributed by atoms with E-state index >= 15 is 0 Å². The first-order chi connectivity index (χ1) is 8.76. The molecular weight excluding hydrogens is 290 g/mol. The van der Waals surface area contributed by atoms with Gasteiger partial charge in [0.05, 0.1) is 13.2 Å². The van der Waals surface area contributed by atoms with Crippen LogP contribution in [0.5, 0.6) is 5.75 Å². The largest absolute Gasteiger partial charge is 0.496 e. The molecule has 2 nitrogen and oxygen atoms in total. The third-order valence-corrected chi connectivity index (χ3v) is 3.85. The molecule has 0 amide bonds. The maximum atomic E-state index is 5.52. The average molecular weight is 310 g/mol. The summed E-state index contributed by atoms with van der Waals surface area (Å²) in [6.07, 6.45) is 6.04. The van der Waals surface area contributed by atoms with Crippen LogP contribution in [-0.4, -0.2) is 13.7 Å². The van der Waals surface area contributed by atoms with E-state index in [9.17, 15) is 0 Å². The van der Waals surface area contributed by atoms with Crippen LogP contribution in [0.2, 0.25) is 0 Å². The first-order valence-corrected chi connectivity index (χ1v) is 7.31. The van der Waals surface area contributed by atoms with Crippen molar-refractivity contribution in [2.24, 2.45) is 0 Å². The van der Waals surface area contributed by atoms with Gasteiger partial charge in [-0.3, -0.25) is 0 Å². The van der Waals surface area contributed by atoms with Crippen molar-refractivity contribution in [2.45, 2.75) is 32.2 Å². The maximum absolute atomic E-state index is 5.52. The molecule has 98 valence electrons. The summed E-state index contributed by atoms with van der Waals surface area (Å²) in [6, 6.07) is 6.56. The van der Waals surface area contributed by atoms with Gasteiger partial charge in [0.25, 0.3) is 0 Å². The fraction of sp³-hybridized carbons (Fsp3) is 0.467. The Hall–Kier alpha value is -0.800. The van der Waals surface area contributed by atoms with Crippen molar-refractivity contribution in [2.75, 3.05) is 13.7 Å². The number of hydrogen-bond acceptors (Lipinski definition) is 2. The smallest absolute Gasteiger partial charge is 0.125 e. The summed E-state index contributed by atoms with van der Waals surface area (Å²) in [5.41, 5.74) is 2.73. The van der Waals surface area contributed by atoms with Crippen LogP contribution in [0.25, 0.3) is 0 Å². The van der Waals surface area contributed by atoms with E-state index in [1.165, 1.54) is 30.4 Å². The van der Waals surface area contributed by atoms with Crippen molar-refractivity contribution < 1.29 is 4.74 Å². The van der Waals surface area contributed by atoms with Crippen LogP contribution in [0.1, 0.15) is 37.8 Å². The Morgan fingerprint density at radius 2 is 2.28 bits per heavy atom. The van der Waals surface area contributed by atoms with Crippen molar-refractivity contribution in [1.82, 2.24) is 5.32 Å². The second kappa shape index (κ2) is 6.39. The van der Waals surface area contributed by atoms with Crippen LogP contribution < -0.4 is 10.1 Å². The predicted molar refractivity (Wildman–Crippen MR) is 79.0 cm³/mol. The van der Waals surface area contributed by atoms with Crippen LogP contribution in [0, 0.1) is 0 Å². The fourth-order valence-corrected chi connectivity index (χ4v) is 2.87. The highest BCUT2D eigenvalue weighted by Gasteiger charge is 2.21. The summed E-state index contributed by atoms with van der Waals surface area (Å²) < 4.78 is 6.57.